The Bertz CT molecular complexity index is 708. The average molecular weight is 534 g/mol. The maximum absolute atomic E-state index is 12.0. The van der Waals surface area contributed by atoms with E-state index in [1.165, 1.54) is 0 Å². The summed E-state index contributed by atoms with van der Waals surface area (Å²) >= 11 is 0. The quantitative estimate of drug-likeness (QED) is 0.331. The summed E-state index contributed by atoms with van der Waals surface area (Å²) in [6, 6.07) is 7.61. The van der Waals surface area contributed by atoms with Gasteiger partial charge in [-0.1, -0.05) is 12.1 Å². The molecule has 0 radical (unpaired) electrons. The number of nitrogens with zero attached hydrogens (tertiary/aromatic N) is 2. The van der Waals surface area contributed by atoms with Gasteiger partial charge in [0.15, 0.2) is 17.5 Å². The third-order valence-electron chi connectivity index (χ3n) is 4.37. The average Bonchev–Trinajstić information content (AvgIpc) is 3.09. The summed E-state index contributed by atoms with van der Waals surface area (Å²) in [4.78, 5) is 18.5. The van der Waals surface area contributed by atoms with Gasteiger partial charge in [-0.05, 0) is 46.2 Å². The molecule has 1 aromatic carbocycles. The highest BCUT2D eigenvalue weighted by Crippen LogP contribution is 2.26. The SMILES string of the molecule is CN=C(NCC(C)Oc1ccccc1OC)N1CCC(NC(=O)OC(C)(C)C)C1.I. The van der Waals surface area contributed by atoms with Crippen LogP contribution < -0.4 is 20.1 Å². The zero-order valence-corrected chi connectivity index (χ0v) is 21.1. The monoisotopic (exact) mass is 534 g/mol. The smallest absolute Gasteiger partial charge is 0.407 e. The summed E-state index contributed by atoms with van der Waals surface area (Å²) in [5.41, 5.74) is -0.502. The number of rotatable bonds is 6. The first-order chi connectivity index (χ1) is 13.7. The van der Waals surface area contributed by atoms with Crippen LogP contribution in [0.1, 0.15) is 34.1 Å². The Morgan fingerprint density at radius 1 is 1.30 bits per heavy atom. The Kier molecular flexibility index (Phi) is 10.5. The van der Waals surface area contributed by atoms with Gasteiger partial charge >= 0.3 is 6.09 Å². The molecule has 1 aromatic rings. The molecule has 0 aliphatic carbocycles. The van der Waals surface area contributed by atoms with Gasteiger partial charge in [0.2, 0.25) is 0 Å². The molecular weight excluding hydrogens is 499 g/mol. The third kappa shape index (κ3) is 8.45. The number of carbonyl (C=O) groups is 1. The molecule has 0 spiro atoms. The third-order valence-corrected chi connectivity index (χ3v) is 4.37. The number of methoxy groups -OCH3 is 1. The number of likely N-dealkylation sites (tertiary alicyclic amines) is 1. The topological polar surface area (TPSA) is 84.4 Å². The lowest BCUT2D eigenvalue weighted by Crippen LogP contribution is -2.46. The fraction of sp³-hybridized carbons (Fsp3) is 0.619. The number of halogens is 1. The second-order valence-corrected chi connectivity index (χ2v) is 8.09. The van der Waals surface area contributed by atoms with E-state index < -0.39 is 5.60 Å². The number of alkyl carbamates (subject to hydrolysis) is 1. The maximum Gasteiger partial charge on any atom is 0.407 e. The molecule has 1 amide bonds. The summed E-state index contributed by atoms with van der Waals surface area (Å²) in [7, 11) is 3.38. The second kappa shape index (κ2) is 12.1. The maximum atomic E-state index is 12.0. The van der Waals surface area contributed by atoms with E-state index in [-0.39, 0.29) is 42.2 Å². The fourth-order valence-electron chi connectivity index (χ4n) is 3.09. The van der Waals surface area contributed by atoms with Crippen LogP contribution >= 0.6 is 24.0 Å². The fourth-order valence-corrected chi connectivity index (χ4v) is 3.09. The van der Waals surface area contributed by atoms with Crippen molar-refractivity contribution in [2.45, 2.75) is 51.9 Å². The van der Waals surface area contributed by atoms with Crippen molar-refractivity contribution >= 4 is 36.0 Å². The predicted molar refractivity (Wildman–Crippen MR) is 129 cm³/mol. The van der Waals surface area contributed by atoms with Gasteiger partial charge in [-0.25, -0.2) is 4.79 Å². The van der Waals surface area contributed by atoms with E-state index in [1.54, 1.807) is 14.2 Å². The molecule has 2 rings (SSSR count). The van der Waals surface area contributed by atoms with Crippen LogP contribution in [-0.2, 0) is 4.74 Å². The van der Waals surface area contributed by atoms with Crippen LogP contribution in [0, 0.1) is 0 Å². The molecule has 1 aliphatic heterocycles. The molecule has 8 nitrogen and oxygen atoms in total. The van der Waals surface area contributed by atoms with Crippen molar-refractivity contribution in [2.24, 2.45) is 4.99 Å². The molecule has 0 bridgehead atoms. The lowest BCUT2D eigenvalue weighted by Gasteiger charge is -2.24. The lowest BCUT2D eigenvalue weighted by atomic mass is 10.2. The molecule has 2 atom stereocenters. The van der Waals surface area contributed by atoms with Crippen LogP contribution in [0.2, 0.25) is 0 Å². The van der Waals surface area contributed by atoms with Crippen LogP contribution in [0.15, 0.2) is 29.3 Å². The van der Waals surface area contributed by atoms with Gasteiger partial charge < -0.3 is 29.7 Å². The first kappa shape index (κ1) is 26.1. The Morgan fingerprint density at radius 2 is 1.97 bits per heavy atom. The summed E-state index contributed by atoms with van der Waals surface area (Å²) in [5.74, 6) is 2.20. The van der Waals surface area contributed by atoms with E-state index in [2.05, 4.69) is 20.5 Å². The van der Waals surface area contributed by atoms with Gasteiger partial charge in [0, 0.05) is 20.1 Å². The molecule has 9 heteroatoms. The predicted octanol–water partition coefficient (Wildman–Crippen LogP) is 3.25. The molecule has 1 aliphatic rings. The van der Waals surface area contributed by atoms with Gasteiger partial charge in [-0.3, -0.25) is 4.99 Å². The highest BCUT2D eigenvalue weighted by atomic mass is 127. The van der Waals surface area contributed by atoms with E-state index in [9.17, 15) is 4.79 Å². The minimum absolute atomic E-state index is 0. The molecule has 2 N–H and O–H groups in total. The number of aliphatic imine (C=N–C) groups is 1. The minimum Gasteiger partial charge on any atom is -0.493 e. The van der Waals surface area contributed by atoms with Crippen LogP contribution in [0.4, 0.5) is 4.79 Å². The Labute approximate surface area is 196 Å². The number of guanidine groups is 1. The number of amides is 1. The Morgan fingerprint density at radius 3 is 2.57 bits per heavy atom. The largest absolute Gasteiger partial charge is 0.493 e. The lowest BCUT2D eigenvalue weighted by molar-refractivity contribution is 0.0507. The van der Waals surface area contributed by atoms with Crippen molar-refractivity contribution in [2.75, 3.05) is 33.8 Å². The van der Waals surface area contributed by atoms with Crippen LogP contribution in [0.5, 0.6) is 11.5 Å². The standard InChI is InChI=1S/C21H34N4O4.HI/c1-15(28-18-10-8-7-9-17(18)27-6)13-23-19(22-5)25-12-11-16(14-25)24-20(26)29-21(2,3)4;/h7-10,15-16H,11-14H2,1-6H3,(H,22,23)(H,24,26);1H. The van der Waals surface area contributed by atoms with E-state index in [4.69, 9.17) is 14.2 Å². The Balaban J connectivity index is 0.00000450. The number of carbonyl (C=O) groups excluding carboxylic acids is 1. The molecule has 0 saturated carbocycles. The second-order valence-electron chi connectivity index (χ2n) is 8.09. The van der Waals surface area contributed by atoms with Gasteiger partial charge in [0.05, 0.1) is 19.7 Å². The van der Waals surface area contributed by atoms with Crippen molar-refractivity contribution in [1.82, 2.24) is 15.5 Å². The molecule has 30 heavy (non-hydrogen) atoms. The van der Waals surface area contributed by atoms with Crippen molar-refractivity contribution in [3.05, 3.63) is 24.3 Å². The highest BCUT2D eigenvalue weighted by molar-refractivity contribution is 14.0. The zero-order valence-electron chi connectivity index (χ0n) is 18.7. The molecule has 1 heterocycles. The van der Waals surface area contributed by atoms with Gasteiger partial charge in [0.1, 0.15) is 11.7 Å². The van der Waals surface area contributed by atoms with Crippen molar-refractivity contribution in [3.8, 4) is 11.5 Å². The summed E-state index contributed by atoms with van der Waals surface area (Å²) in [6.45, 7) is 9.63. The van der Waals surface area contributed by atoms with Crippen molar-refractivity contribution < 1.29 is 19.0 Å². The number of benzene rings is 1. The van der Waals surface area contributed by atoms with Crippen LogP contribution in [0.25, 0.3) is 0 Å². The molecule has 2 unspecified atom stereocenters. The van der Waals surface area contributed by atoms with E-state index in [0.717, 1.165) is 18.9 Å². The summed E-state index contributed by atoms with van der Waals surface area (Å²) in [6.07, 6.45) is 0.375. The zero-order chi connectivity index (χ0) is 21.4. The first-order valence-electron chi connectivity index (χ1n) is 9.96. The molecule has 1 saturated heterocycles. The molecule has 1 fully saturated rings. The van der Waals surface area contributed by atoms with Crippen LogP contribution in [-0.4, -0.2) is 68.5 Å². The van der Waals surface area contributed by atoms with Gasteiger partial charge in [-0.15, -0.1) is 24.0 Å². The molecule has 170 valence electrons. The van der Waals surface area contributed by atoms with Crippen molar-refractivity contribution in [1.29, 1.82) is 0 Å². The Hall–Kier alpha value is -1.91. The van der Waals surface area contributed by atoms with Crippen LogP contribution in [0.3, 0.4) is 0 Å². The number of ether oxygens (including phenoxy) is 3. The highest BCUT2D eigenvalue weighted by Gasteiger charge is 2.28. The van der Waals surface area contributed by atoms with E-state index >= 15 is 0 Å². The normalized spacial score (nSPS) is 17.6. The van der Waals surface area contributed by atoms with Gasteiger partial charge in [0.25, 0.3) is 0 Å². The van der Waals surface area contributed by atoms with E-state index in [1.807, 2.05) is 52.0 Å². The van der Waals surface area contributed by atoms with E-state index in [0.29, 0.717) is 24.6 Å². The number of nitrogens with one attached hydrogen (secondary N) is 2. The first-order valence-corrected chi connectivity index (χ1v) is 9.96. The number of para-hydroxylation sites is 2. The van der Waals surface area contributed by atoms with Gasteiger partial charge in [-0.2, -0.15) is 0 Å². The molecule has 0 aromatic heterocycles. The van der Waals surface area contributed by atoms with Crippen molar-refractivity contribution in [3.63, 3.8) is 0 Å². The number of hydrogen-bond donors (Lipinski definition) is 2. The summed E-state index contributed by atoms with van der Waals surface area (Å²) < 4.78 is 16.6. The molecular formula is C21H35IN4O4. The number of hydrogen-bond acceptors (Lipinski definition) is 5. The minimum atomic E-state index is -0.502. The summed E-state index contributed by atoms with van der Waals surface area (Å²) in [5, 5.41) is 6.28.